The molecule has 0 spiro atoms. The summed E-state index contributed by atoms with van der Waals surface area (Å²) in [5.74, 6) is -3.01. The van der Waals surface area contributed by atoms with Crippen molar-refractivity contribution < 1.29 is 18.4 Å². The van der Waals surface area contributed by atoms with E-state index in [4.69, 9.17) is 0 Å². The van der Waals surface area contributed by atoms with Gasteiger partial charge in [-0.2, -0.15) is 0 Å². The Kier molecular flexibility index (Phi) is 8.27. The molecule has 2 amide bonds. The predicted octanol–water partition coefficient (Wildman–Crippen LogP) is 4.99. The zero-order valence-electron chi connectivity index (χ0n) is 18.7. The van der Waals surface area contributed by atoms with Crippen LogP contribution >= 0.6 is 0 Å². The van der Waals surface area contributed by atoms with Gasteiger partial charge in [-0.25, -0.2) is 8.78 Å². The van der Waals surface area contributed by atoms with Gasteiger partial charge in [0.1, 0.15) is 0 Å². The molecule has 0 aromatic heterocycles. The van der Waals surface area contributed by atoms with Crippen LogP contribution in [0.25, 0.3) is 0 Å². The largest absolute Gasteiger partial charge is 0.348 e. The van der Waals surface area contributed by atoms with Gasteiger partial charge in [0, 0.05) is 29.9 Å². The first-order valence-electron chi connectivity index (χ1n) is 10.8. The molecule has 0 unspecified atom stereocenters. The van der Waals surface area contributed by atoms with E-state index in [0.29, 0.717) is 17.8 Å². The molecule has 33 heavy (non-hydrogen) atoms. The first-order valence-corrected chi connectivity index (χ1v) is 10.8. The van der Waals surface area contributed by atoms with E-state index in [-0.39, 0.29) is 11.5 Å². The summed E-state index contributed by atoms with van der Waals surface area (Å²) in [7, 11) is 0. The fourth-order valence-electron chi connectivity index (χ4n) is 3.43. The topological polar surface area (TPSA) is 61.4 Å². The van der Waals surface area contributed by atoms with E-state index in [1.807, 2.05) is 18.2 Å². The normalized spacial score (nSPS) is 10.8. The second-order valence-electron chi connectivity index (χ2n) is 7.58. The number of benzene rings is 3. The lowest BCUT2D eigenvalue weighted by atomic mass is 10.1. The molecule has 0 aliphatic rings. The van der Waals surface area contributed by atoms with Gasteiger partial charge >= 0.3 is 0 Å². The Morgan fingerprint density at radius 1 is 0.788 bits per heavy atom. The SMILES string of the molecule is CCN(CC)Cc1ccccc1CNC(=O)c1cccc(NC(=O)c2ccc(F)c(F)c2)c1. The van der Waals surface area contributed by atoms with Crippen LogP contribution in [0, 0.1) is 11.6 Å². The van der Waals surface area contributed by atoms with Crippen molar-refractivity contribution in [2.75, 3.05) is 18.4 Å². The maximum atomic E-state index is 13.4. The Labute approximate surface area is 192 Å². The van der Waals surface area contributed by atoms with E-state index in [0.717, 1.165) is 42.9 Å². The highest BCUT2D eigenvalue weighted by Crippen LogP contribution is 2.16. The van der Waals surface area contributed by atoms with Crippen LogP contribution in [0.4, 0.5) is 14.5 Å². The summed E-state index contributed by atoms with van der Waals surface area (Å²) >= 11 is 0. The van der Waals surface area contributed by atoms with Crippen molar-refractivity contribution in [2.24, 2.45) is 0 Å². The summed E-state index contributed by atoms with van der Waals surface area (Å²) in [6.07, 6.45) is 0. The van der Waals surface area contributed by atoms with Crippen LogP contribution < -0.4 is 10.6 Å². The van der Waals surface area contributed by atoms with Gasteiger partial charge in [-0.05, 0) is 60.6 Å². The molecule has 0 aliphatic heterocycles. The average molecular weight is 452 g/mol. The first-order chi connectivity index (χ1) is 15.9. The number of carbonyl (C=O) groups excluding carboxylic acids is 2. The Bertz CT molecular complexity index is 1130. The van der Waals surface area contributed by atoms with Gasteiger partial charge < -0.3 is 10.6 Å². The summed E-state index contributed by atoms with van der Waals surface area (Å²) in [4.78, 5) is 27.4. The molecule has 0 saturated carbocycles. The van der Waals surface area contributed by atoms with Gasteiger partial charge in [0.2, 0.25) is 0 Å². The number of rotatable bonds is 9. The number of carbonyl (C=O) groups is 2. The maximum absolute atomic E-state index is 13.4. The second-order valence-corrected chi connectivity index (χ2v) is 7.58. The molecular formula is C26H27F2N3O2. The van der Waals surface area contributed by atoms with Crippen LogP contribution in [0.1, 0.15) is 45.7 Å². The zero-order valence-corrected chi connectivity index (χ0v) is 18.7. The summed E-state index contributed by atoms with van der Waals surface area (Å²) < 4.78 is 26.5. The Balaban J connectivity index is 1.65. The minimum absolute atomic E-state index is 0.0198. The molecule has 3 rings (SSSR count). The van der Waals surface area contributed by atoms with E-state index >= 15 is 0 Å². The monoisotopic (exact) mass is 451 g/mol. The van der Waals surface area contributed by atoms with E-state index in [1.165, 1.54) is 12.1 Å². The fraction of sp³-hybridized carbons (Fsp3) is 0.231. The molecule has 3 aromatic rings. The van der Waals surface area contributed by atoms with Gasteiger partial charge in [-0.1, -0.05) is 44.2 Å². The van der Waals surface area contributed by atoms with E-state index < -0.39 is 17.5 Å². The quantitative estimate of drug-likeness (QED) is 0.482. The molecule has 0 fully saturated rings. The van der Waals surface area contributed by atoms with Crippen LogP contribution in [-0.2, 0) is 13.1 Å². The third-order valence-corrected chi connectivity index (χ3v) is 5.41. The maximum Gasteiger partial charge on any atom is 0.255 e. The third kappa shape index (κ3) is 6.46. The molecule has 0 bridgehead atoms. The summed E-state index contributed by atoms with van der Waals surface area (Å²) in [5, 5.41) is 5.53. The van der Waals surface area contributed by atoms with Crippen LogP contribution in [0.2, 0.25) is 0 Å². The van der Waals surface area contributed by atoms with Gasteiger partial charge in [-0.3, -0.25) is 14.5 Å². The third-order valence-electron chi connectivity index (χ3n) is 5.41. The molecule has 0 aliphatic carbocycles. The Hall–Kier alpha value is -3.58. The highest BCUT2D eigenvalue weighted by molar-refractivity contribution is 6.05. The van der Waals surface area contributed by atoms with Gasteiger partial charge in [0.25, 0.3) is 11.8 Å². The van der Waals surface area contributed by atoms with Gasteiger partial charge in [-0.15, -0.1) is 0 Å². The molecule has 3 aromatic carbocycles. The van der Waals surface area contributed by atoms with Crippen LogP contribution in [-0.4, -0.2) is 29.8 Å². The van der Waals surface area contributed by atoms with Crippen molar-refractivity contribution in [1.29, 1.82) is 0 Å². The Morgan fingerprint density at radius 3 is 2.18 bits per heavy atom. The highest BCUT2D eigenvalue weighted by Gasteiger charge is 2.13. The number of hydrogen-bond donors (Lipinski definition) is 2. The summed E-state index contributed by atoms with van der Waals surface area (Å²) in [6, 6.07) is 17.4. The predicted molar refractivity (Wildman–Crippen MR) is 125 cm³/mol. The molecule has 172 valence electrons. The van der Waals surface area contributed by atoms with Crippen LogP contribution in [0.3, 0.4) is 0 Å². The van der Waals surface area contributed by atoms with Gasteiger partial charge in [0.15, 0.2) is 11.6 Å². The van der Waals surface area contributed by atoms with E-state index in [2.05, 4.69) is 35.4 Å². The fourth-order valence-corrected chi connectivity index (χ4v) is 3.43. The molecule has 7 heteroatoms. The van der Waals surface area contributed by atoms with Gasteiger partial charge in [0.05, 0.1) is 0 Å². The standard InChI is InChI=1S/C26H27F2N3O2/c1-3-31(4-2)17-21-9-6-5-8-20(21)16-29-25(32)18-10-7-11-22(14-18)30-26(33)19-12-13-23(27)24(28)15-19/h5-15H,3-4,16-17H2,1-2H3,(H,29,32)(H,30,33). The molecular weight excluding hydrogens is 424 g/mol. The smallest absolute Gasteiger partial charge is 0.255 e. The second kappa shape index (κ2) is 11.3. The first kappa shape index (κ1) is 24.1. The van der Waals surface area contributed by atoms with Crippen molar-refractivity contribution in [2.45, 2.75) is 26.9 Å². The van der Waals surface area contributed by atoms with Crippen LogP contribution in [0.5, 0.6) is 0 Å². The minimum Gasteiger partial charge on any atom is -0.348 e. The zero-order chi connectivity index (χ0) is 23.8. The van der Waals surface area contributed by atoms with Crippen molar-refractivity contribution in [3.05, 3.63) is 101 Å². The summed E-state index contributed by atoms with van der Waals surface area (Å²) in [5.41, 5.74) is 2.93. The molecule has 0 heterocycles. The number of nitrogens with one attached hydrogen (secondary N) is 2. The lowest BCUT2D eigenvalue weighted by Gasteiger charge is -2.20. The number of amides is 2. The minimum atomic E-state index is -1.10. The molecule has 0 saturated heterocycles. The summed E-state index contributed by atoms with van der Waals surface area (Å²) in [6.45, 7) is 7.31. The molecule has 0 atom stereocenters. The number of anilines is 1. The van der Waals surface area contributed by atoms with Crippen molar-refractivity contribution in [1.82, 2.24) is 10.2 Å². The molecule has 5 nitrogen and oxygen atoms in total. The van der Waals surface area contributed by atoms with Crippen molar-refractivity contribution in [3.8, 4) is 0 Å². The van der Waals surface area contributed by atoms with E-state index in [1.54, 1.807) is 18.2 Å². The highest BCUT2D eigenvalue weighted by atomic mass is 19.2. The number of hydrogen-bond acceptors (Lipinski definition) is 3. The molecule has 2 N–H and O–H groups in total. The average Bonchev–Trinajstić information content (AvgIpc) is 2.83. The Morgan fingerprint density at radius 2 is 1.48 bits per heavy atom. The van der Waals surface area contributed by atoms with E-state index in [9.17, 15) is 18.4 Å². The lowest BCUT2D eigenvalue weighted by Crippen LogP contribution is -2.26. The number of halogens is 2. The van der Waals surface area contributed by atoms with Crippen LogP contribution in [0.15, 0.2) is 66.7 Å². The lowest BCUT2D eigenvalue weighted by molar-refractivity contribution is 0.0949. The molecule has 0 radical (unpaired) electrons. The van der Waals surface area contributed by atoms with Crippen molar-refractivity contribution in [3.63, 3.8) is 0 Å². The van der Waals surface area contributed by atoms with Crippen molar-refractivity contribution >= 4 is 17.5 Å². The number of nitrogens with zero attached hydrogens (tertiary/aromatic N) is 1.